The lowest BCUT2D eigenvalue weighted by molar-refractivity contribution is 0.0687. The van der Waals surface area contributed by atoms with Gasteiger partial charge in [0.05, 0.1) is 6.54 Å². The van der Waals surface area contributed by atoms with Gasteiger partial charge < -0.3 is 10.4 Å². The second-order valence-electron chi connectivity index (χ2n) is 4.54. The minimum Gasteiger partial charge on any atom is -0.477 e. The summed E-state index contributed by atoms with van der Waals surface area (Å²) in [6, 6.07) is 4.97. The molecule has 7 heteroatoms. The molecule has 19 heavy (non-hydrogen) atoms. The number of hydrogen-bond acceptors (Lipinski definition) is 5. The number of aromatic nitrogens is 3. The standard InChI is InChI=1S/C12H15N5O2/c18-12(19)9-2-1-3-11-14-10(15-17(9)11)8-16-6-4-13-5-7-16/h1-3,13H,4-8H2,(H,18,19). The number of carbonyl (C=O) groups is 1. The Bertz CT molecular complexity index is 603. The van der Waals surface area contributed by atoms with Gasteiger partial charge in [0, 0.05) is 26.2 Å². The fraction of sp³-hybridized carbons (Fsp3) is 0.417. The molecular weight excluding hydrogens is 246 g/mol. The van der Waals surface area contributed by atoms with Crippen molar-refractivity contribution in [2.24, 2.45) is 0 Å². The van der Waals surface area contributed by atoms with Gasteiger partial charge in [0.2, 0.25) is 0 Å². The van der Waals surface area contributed by atoms with Crippen LogP contribution >= 0.6 is 0 Å². The minimum absolute atomic E-state index is 0.136. The molecule has 3 rings (SSSR count). The summed E-state index contributed by atoms with van der Waals surface area (Å²) < 4.78 is 1.39. The number of aromatic carboxylic acids is 1. The van der Waals surface area contributed by atoms with E-state index in [9.17, 15) is 4.79 Å². The molecule has 0 amide bonds. The summed E-state index contributed by atoms with van der Waals surface area (Å²) >= 11 is 0. The van der Waals surface area contributed by atoms with Gasteiger partial charge >= 0.3 is 5.97 Å². The third-order valence-corrected chi connectivity index (χ3v) is 3.20. The number of carboxylic acids is 1. The number of fused-ring (bicyclic) bond motifs is 1. The van der Waals surface area contributed by atoms with Crippen LogP contribution in [-0.2, 0) is 6.54 Å². The molecule has 0 radical (unpaired) electrons. The summed E-state index contributed by atoms with van der Waals surface area (Å²) in [5.41, 5.74) is 0.710. The molecule has 0 saturated carbocycles. The molecule has 100 valence electrons. The molecule has 3 heterocycles. The van der Waals surface area contributed by atoms with Crippen LogP contribution in [0, 0.1) is 0 Å². The molecule has 7 nitrogen and oxygen atoms in total. The average Bonchev–Trinajstić information content (AvgIpc) is 2.81. The van der Waals surface area contributed by atoms with Crippen LogP contribution < -0.4 is 5.32 Å². The number of nitrogens with one attached hydrogen (secondary N) is 1. The van der Waals surface area contributed by atoms with Crippen molar-refractivity contribution in [3.8, 4) is 0 Å². The smallest absolute Gasteiger partial charge is 0.354 e. The molecule has 0 spiro atoms. The number of pyridine rings is 1. The molecular formula is C12H15N5O2. The maximum absolute atomic E-state index is 11.1. The first-order valence-electron chi connectivity index (χ1n) is 6.25. The van der Waals surface area contributed by atoms with E-state index >= 15 is 0 Å². The molecule has 1 aliphatic heterocycles. The summed E-state index contributed by atoms with van der Waals surface area (Å²) in [6.07, 6.45) is 0. The average molecular weight is 261 g/mol. The Morgan fingerprint density at radius 3 is 2.89 bits per heavy atom. The van der Waals surface area contributed by atoms with E-state index in [2.05, 4.69) is 20.3 Å². The zero-order valence-electron chi connectivity index (χ0n) is 10.4. The predicted octanol–water partition coefficient (Wildman–Crippen LogP) is -0.167. The van der Waals surface area contributed by atoms with E-state index in [1.165, 1.54) is 10.6 Å². The summed E-state index contributed by atoms with van der Waals surface area (Å²) in [7, 11) is 0. The molecule has 1 saturated heterocycles. The Morgan fingerprint density at radius 2 is 2.16 bits per heavy atom. The summed E-state index contributed by atoms with van der Waals surface area (Å²) in [5, 5.41) is 16.7. The zero-order chi connectivity index (χ0) is 13.2. The lowest BCUT2D eigenvalue weighted by Gasteiger charge is -2.25. The van der Waals surface area contributed by atoms with Gasteiger partial charge in [-0.05, 0) is 12.1 Å². The van der Waals surface area contributed by atoms with E-state index in [1.807, 2.05) is 0 Å². The van der Waals surface area contributed by atoms with Crippen LogP contribution in [0.15, 0.2) is 18.2 Å². The maximum atomic E-state index is 11.1. The van der Waals surface area contributed by atoms with E-state index in [1.54, 1.807) is 12.1 Å². The van der Waals surface area contributed by atoms with Crippen LogP contribution in [0.1, 0.15) is 16.3 Å². The Kier molecular flexibility index (Phi) is 3.14. The number of piperazine rings is 1. The van der Waals surface area contributed by atoms with Crippen LogP contribution in [0.3, 0.4) is 0 Å². The van der Waals surface area contributed by atoms with E-state index in [0.717, 1.165) is 26.2 Å². The molecule has 0 bridgehead atoms. The highest BCUT2D eigenvalue weighted by Gasteiger charge is 2.15. The zero-order valence-corrected chi connectivity index (χ0v) is 10.4. The fourth-order valence-corrected chi connectivity index (χ4v) is 2.25. The molecule has 0 aromatic carbocycles. The van der Waals surface area contributed by atoms with E-state index in [4.69, 9.17) is 5.11 Å². The van der Waals surface area contributed by atoms with Crippen molar-refractivity contribution in [2.45, 2.75) is 6.54 Å². The van der Waals surface area contributed by atoms with Gasteiger partial charge in [-0.2, -0.15) is 0 Å². The molecule has 0 unspecified atom stereocenters. The highest BCUT2D eigenvalue weighted by molar-refractivity contribution is 5.86. The highest BCUT2D eigenvalue weighted by Crippen LogP contribution is 2.08. The van der Waals surface area contributed by atoms with Crippen molar-refractivity contribution in [3.05, 3.63) is 29.7 Å². The Morgan fingerprint density at radius 1 is 1.37 bits per heavy atom. The number of rotatable bonds is 3. The SMILES string of the molecule is O=C(O)c1cccc2nc(CN3CCNCC3)nn12. The Labute approximate surface area is 109 Å². The van der Waals surface area contributed by atoms with Gasteiger partial charge in [0.1, 0.15) is 0 Å². The molecule has 0 aliphatic carbocycles. The first-order valence-corrected chi connectivity index (χ1v) is 6.25. The van der Waals surface area contributed by atoms with Crippen LogP contribution in [0.4, 0.5) is 0 Å². The molecule has 2 N–H and O–H groups in total. The van der Waals surface area contributed by atoms with E-state index in [-0.39, 0.29) is 5.69 Å². The lowest BCUT2D eigenvalue weighted by atomic mass is 10.3. The summed E-state index contributed by atoms with van der Waals surface area (Å²) in [5.74, 6) is -0.333. The van der Waals surface area contributed by atoms with E-state index < -0.39 is 5.97 Å². The van der Waals surface area contributed by atoms with Crippen LogP contribution in [0.5, 0.6) is 0 Å². The van der Waals surface area contributed by atoms with Gasteiger partial charge in [-0.15, -0.1) is 5.10 Å². The fourth-order valence-electron chi connectivity index (χ4n) is 2.25. The summed E-state index contributed by atoms with van der Waals surface area (Å²) in [6.45, 7) is 4.51. The van der Waals surface area contributed by atoms with Gasteiger partial charge in [-0.25, -0.2) is 14.3 Å². The monoisotopic (exact) mass is 261 g/mol. The molecule has 2 aromatic heterocycles. The normalized spacial score (nSPS) is 16.8. The molecule has 0 atom stereocenters. The van der Waals surface area contributed by atoms with Crippen LogP contribution in [0.25, 0.3) is 5.65 Å². The number of nitrogens with zero attached hydrogens (tertiary/aromatic N) is 4. The lowest BCUT2D eigenvalue weighted by Crippen LogP contribution is -2.43. The molecule has 1 aliphatic rings. The third-order valence-electron chi connectivity index (χ3n) is 3.20. The topological polar surface area (TPSA) is 82.8 Å². The second kappa shape index (κ2) is 4.94. The first-order chi connectivity index (χ1) is 9.24. The molecule has 1 fully saturated rings. The van der Waals surface area contributed by atoms with Crippen molar-refractivity contribution in [3.63, 3.8) is 0 Å². The van der Waals surface area contributed by atoms with Gasteiger partial charge in [-0.3, -0.25) is 4.90 Å². The van der Waals surface area contributed by atoms with Crippen molar-refractivity contribution in [2.75, 3.05) is 26.2 Å². The minimum atomic E-state index is -0.996. The number of carboxylic acid groups (broad SMARTS) is 1. The van der Waals surface area contributed by atoms with Crippen molar-refractivity contribution < 1.29 is 9.90 Å². The van der Waals surface area contributed by atoms with Crippen LogP contribution in [-0.4, -0.2) is 56.8 Å². The number of hydrogen-bond donors (Lipinski definition) is 2. The quantitative estimate of drug-likeness (QED) is 0.798. The second-order valence-corrected chi connectivity index (χ2v) is 4.54. The van der Waals surface area contributed by atoms with Crippen molar-refractivity contribution >= 4 is 11.6 Å². The van der Waals surface area contributed by atoms with Crippen molar-refractivity contribution in [1.82, 2.24) is 24.8 Å². The highest BCUT2D eigenvalue weighted by atomic mass is 16.4. The summed E-state index contributed by atoms with van der Waals surface area (Å²) in [4.78, 5) is 17.7. The van der Waals surface area contributed by atoms with Gasteiger partial charge in [0.15, 0.2) is 17.2 Å². The first kappa shape index (κ1) is 12.1. The Balaban J connectivity index is 1.88. The van der Waals surface area contributed by atoms with Crippen LogP contribution in [0.2, 0.25) is 0 Å². The third kappa shape index (κ3) is 2.42. The Hall–Kier alpha value is -1.99. The largest absolute Gasteiger partial charge is 0.477 e. The maximum Gasteiger partial charge on any atom is 0.354 e. The molecule has 2 aromatic rings. The van der Waals surface area contributed by atoms with Crippen molar-refractivity contribution in [1.29, 1.82) is 0 Å². The van der Waals surface area contributed by atoms with E-state index in [0.29, 0.717) is 18.0 Å². The van der Waals surface area contributed by atoms with Gasteiger partial charge in [-0.1, -0.05) is 6.07 Å². The predicted molar refractivity (Wildman–Crippen MR) is 68.1 cm³/mol. The van der Waals surface area contributed by atoms with Gasteiger partial charge in [0.25, 0.3) is 0 Å².